The van der Waals surface area contributed by atoms with E-state index in [1.165, 1.54) is 57.8 Å². The minimum Gasteiger partial charge on any atom is -0.463 e. The van der Waals surface area contributed by atoms with Crippen LogP contribution in [0.4, 0.5) is 0 Å². The van der Waals surface area contributed by atoms with Gasteiger partial charge in [0.1, 0.15) is 12.7 Å². The lowest BCUT2D eigenvalue weighted by Crippen LogP contribution is -2.28. The van der Waals surface area contributed by atoms with Gasteiger partial charge in [0.05, 0.1) is 12.5 Å². The number of aliphatic hydroxyl groups excluding tert-OH is 2. The predicted molar refractivity (Wildman–Crippen MR) is 98.8 cm³/mol. The number of unbranched alkanes of at least 4 members (excludes halogenated alkanes) is 9. The molecule has 24 heavy (non-hydrogen) atoms. The molecule has 0 heterocycles. The highest BCUT2D eigenvalue weighted by molar-refractivity contribution is 5.72. The monoisotopic (exact) mass is 344 g/mol. The number of rotatable bonds is 16. The van der Waals surface area contributed by atoms with Crippen molar-refractivity contribution < 1.29 is 19.7 Å². The van der Waals surface area contributed by atoms with E-state index in [0.717, 1.165) is 12.8 Å². The van der Waals surface area contributed by atoms with Crippen LogP contribution < -0.4 is 0 Å². The van der Waals surface area contributed by atoms with Gasteiger partial charge in [0.2, 0.25) is 0 Å². The molecule has 0 aromatic carbocycles. The lowest BCUT2D eigenvalue weighted by Gasteiger charge is -2.20. The molecule has 0 aliphatic heterocycles. The van der Waals surface area contributed by atoms with Gasteiger partial charge in [-0.25, -0.2) is 0 Å². The van der Waals surface area contributed by atoms with Crippen LogP contribution in [0.1, 0.15) is 91.4 Å². The summed E-state index contributed by atoms with van der Waals surface area (Å²) in [5, 5.41) is 18.0. The predicted octanol–water partition coefficient (Wildman–Crippen LogP) is 4.47. The van der Waals surface area contributed by atoms with Crippen molar-refractivity contribution in [3.05, 3.63) is 0 Å². The largest absolute Gasteiger partial charge is 0.463 e. The Morgan fingerprint density at radius 3 is 1.88 bits per heavy atom. The fourth-order valence-corrected chi connectivity index (χ4v) is 2.91. The van der Waals surface area contributed by atoms with Gasteiger partial charge in [-0.3, -0.25) is 4.79 Å². The van der Waals surface area contributed by atoms with Crippen LogP contribution in [0.5, 0.6) is 0 Å². The van der Waals surface area contributed by atoms with E-state index in [1.54, 1.807) is 0 Å². The zero-order chi connectivity index (χ0) is 18.2. The summed E-state index contributed by atoms with van der Waals surface area (Å²) < 4.78 is 5.11. The van der Waals surface area contributed by atoms with Gasteiger partial charge in [0.25, 0.3) is 0 Å². The number of carbonyl (C=O) groups excluding carboxylic acids is 1. The SMILES string of the molecule is CCCCCCCCCCCCC(C(=O)OCC(O)CO)C(C)C. The molecule has 0 aromatic rings. The summed E-state index contributed by atoms with van der Waals surface area (Å²) in [6, 6.07) is 0. The van der Waals surface area contributed by atoms with Gasteiger partial charge in [-0.05, 0) is 12.3 Å². The highest BCUT2D eigenvalue weighted by Gasteiger charge is 2.23. The molecule has 0 saturated heterocycles. The van der Waals surface area contributed by atoms with E-state index >= 15 is 0 Å². The highest BCUT2D eigenvalue weighted by Crippen LogP contribution is 2.21. The van der Waals surface area contributed by atoms with E-state index in [0.29, 0.717) is 0 Å². The first kappa shape index (κ1) is 23.4. The second-order valence-electron chi connectivity index (χ2n) is 7.29. The number of aliphatic hydroxyl groups is 2. The molecular formula is C20H40O4. The summed E-state index contributed by atoms with van der Waals surface area (Å²) in [5.74, 6) is -0.110. The zero-order valence-electron chi connectivity index (χ0n) is 16.1. The van der Waals surface area contributed by atoms with E-state index in [9.17, 15) is 9.90 Å². The minimum atomic E-state index is -0.973. The van der Waals surface area contributed by atoms with Crippen LogP contribution in [-0.4, -0.2) is 35.5 Å². The molecule has 0 aromatic heterocycles. The number of esters is 1. The molecule has 0 rings (SSSR count). The summed E-state index contributed by atoms with van der Waals surface area (Å²) in [4.78, 5) is 12.1. The first-order valence-electron chi connectivity index (χ1n) is 9.98. The van der Waals surface area contributed by atoms with E-state index in [2.05, 4.69) is 6.92 Å². The number of hydrogen-bond donors (Lipinski definition) is 2. The standard InChI is InChI=1S/C20H40O4/c1-4-5-6-7-8-9-10-11-12-13-14-19(17(2)3)20(23)24-16-18(22)15-21/h17-19,21-22H,4-16H2,1-3H3. The fourth-order valence-electron chi connectivity index (χ4n) is 2.91. The summed E-state index contributed by atoms with van der Waals surface area (Å²) in [6.07, 6.45) is 12.7. The second-order valence-corrected chi connectivity index (χ2v) is 7.29. The van der Waals surface area contributed by atoms with Gasteiger partial charge in [0, 0.05) is 0 Å². The molecule has 2 N–H and O–H groups in total. The normalized spacial score (nSPS) is 13.9. The quantitative estimate of drug-likeness (QED) is 0.320. The third-order valence-electron chi connectivity index (χ3n) is 4.60. The van der Waals surface area contributed by atoms with Crippen molar-refractivity contribution in [1.82, 2.24) is 0 Å². The maximum absolute atomic E-state index is 12.1. The zero-order valence-corrected chi connectivity index (χ0v) is 16.1. The minimum absolute atomic E-state index is 0.107. The average molecular weight is 345 g/mol. The Morgan fingerprint density at radius 2 is 1.42 bits per heavy atom. The molecule has 0 bridgehead atoms. The highest BCUT2D eigenvalue weighted by atomic mass is 16.5. The van der Waals surface area contributed by atoms with Gasteiger partial charge in [0.15, 0.2) is 0 Å². The van der Waals surface area contributed by atoms with Crippen LogP contribution in [0.3, 0.4) is 0 Å². The lowest BCUT2D eigenvalue weighted by atomic mass is 9.90. The molecule has 0 spiro atoms. The van der Waals surface area contributed by atoms with Gasteiger partial charge < -0.3 is 14.9 Å². The van der Waals surface area contributed by atoms with Gasteiger partial charge in [-0.2, -0.15) is 0 Å². The van der Waals surface area contributed by atoms with E-state index < -0.39 is 6.10 Å². The third-order valence-corrected chi connectivity index (χ3v) is 4.60. The Labute approximate surface area is 149 Å². The molecule has 0 fully saturated rings. The third kappa shape index (κ3) is 12.8. The number of ether oxygens (including phenoxy) is 1. The molecule has 144 valence electrons. The van der Waals surface area contributed by atoms with Crippen molar-refractivity contribution in [3.8, 4) is 0 Å². The molecule has 0 aliphatic rings. The van der Waals surface area contributed by atoms with E-state index in [1.807, 2.05) is 13.8 Å². The second kappa shape index (κ2) is 15.9. The molecule has 0 amide bonds. The summed E-state index contributed by atoms with van der Waals surface area (Å²) in [5.41, 5.74) is 0. The Balaban J connectivity index is 3.73. The molecule has 0 saturated carbocycles. The first-order chi connectivity index (χ1) is 11.5. The van der Waals surface area contributed by atoms with Gasteiger partial charge in [-0.1, -0.05) is 85.0 Å². The van der Waals surface area contributed by atoms with Crippen molar-refractivity contribution in [2.75, 3.05) is 13.2 Å². The van der Waals surface area contributed by atoms with Crippen molar-refractivity contribution in [1.29, 1.82) is 0 Å². The Hall–Kier alpha value is -0.610. The fraction of sp³-hybridized carbons (Fsp3) is 0.950. The van der Waals surface area contributed by atoms with Crippen molar-refractivity contribution >= 4 is 5.97 Å². The number of carbonyl (C=O) groups is 1. The van der Waals surface area contributed by atoms with Crippen LogP contribution in [0, 0.1) is 11.8 Å². The number of hydrogen-bond acceptors (Lipinski definition) is 4. The summed E-state index contributed by atoms with van der Waals surface area (Å²) >= 11 is 0. The van der Waals surface area contributed by atoms with Crippen molar-refractivity contribution in [3.63, 3.8) is 0 Å². The van der Waals surface area contributed by atoms with E-state index in [-0.39, 0.29) is 31.0 Å². The maximum atomic E-state index is 12.1. The molecular weight excluding hydrogens is 304 g/mol. The Morgan fingerprint density at radius 1 is 0.917 bits per heavy atom. The Kier molecular flexibility index (Phi) is 15.5. The first-order valence-corrected chi connectivity index (χ1v) is 9.98. The van der Waals surface area contributed by atoms with Crippen molar-refractivity contribution in [2.24, 2.45) is 11.8 Å². The van der Waals surface area contributed by atoms with Crippen LogP contribution in [-0.2, 0) is 9.53 Å². The lowest BCUT2D eigenvalue weighted by molar-refractivity contribution is -0.154. The average Bonchev–Trinajstić information content (AvgIpc) is 2.56. The molecule has 2 atom stereocenters. The summed E-state index contributed by atoms with van der Waals surface area (Å²) in [7, 11) is 0. The molecule has 0 radical (unpaired) electrons. The van der Waals surface area contributed by atoms with Crippen molar-refractivity contribution in [2.45, 2.75) is 97.5 Å². The molecule has 4 heteroatoms. The molecule has 2 unspecified atom stereocenters. The molecule has 0 aliphatic carbocycles. The van der Waals surface area contributed by atoms with Gasteiger partial charge in [-0.15, -0.1) is 0 Å². The van der Waals surface area contributed by atoms with Crippen LogP contribution in [0.15, 0.2) is 0 Å². The summed E-state index contributed by atoms with van der Waals surface area (Å²) in [6.45, 7) is 5.82. The van der Waals surface area contributed by atoms with E-state index in [4.69, 9.17) is 9.84 Å². The topological polar surface area (TPSA) is 66.8 Å². The molecule has 4 nitrogen and oxygen atoms in total. The smallest absolute Gasteiger partial charge is 0.309 e. The van der Waals surface area contributed by atoms with Gasteiger partial charge >= 0.3 is 5.97 Å². The van der Waals surface area contributed by atoms with Crippen LogP contribution >= 0.6 is 0 Å². The van der Waals surface area contributed by atoms with Crippen LogP contribution in [0.25, 0.3) is 0 Å². The van der Waals surface area contributed by atoms with Crippen LogP contribution in [0.2, 0.25) is 0 Å². The maximum Gasteiger partial charge on any atom is 0.309 e. The Bertz CT molecular complexity index is 291.